The second kappa shape index (κ2) is 5.38. The van der Waals surface area contributed by atoms with Crippen LogP contribution in [0, 0.1) is 10.1 Å². The largest absolute Gasteiger partial charge is 0.463 e. The van der Waals surface area contributed by atoms with E-state index < -0.39 is 16.1 Å². The van der Waals surface area contributed by atoms with Gasteiger partial charge in [-0.2, -0.15) is 0 Å². The fourth-order valence-electron chi connectivity index (χ4n) is 3.96. The Labute approximate surface area is 160 Å². The van der Waals surface area contributed by atoms with E-state index in [1.165, 1.54) is 6.07 Å². The average Bonchev–Trinajstić information content (AvgIpc) is 2.74. The monoisotopic (exact) mass is 390 g/mol. The first kappa shape index (κ1) is 17.2. The van der Waals surface area contributed by atoms with Gasteiger partial charge in [0.1, 0.15) is 10.8 Å². The fourth-order valence-corrected chi connectivity index (χ4v) is 4.42. The third kappa shape index (κ3) is 2.04. The second-order valence-electron chi connectivity index (χ2n) is 7.04. The standard InChI is InChI=1S/C19H16Cl2N2O3/c1-18(2)13-10-11(20)4-5-14(13)22(3)19(18)9-8-12-16(26-19)7-6-15(17(12)21)23(24)25/h4-10H,1-3H3. The van der Waals surface area contributed by atoms with Crippen LogP contribution in [0.5, 0.6) is 5.75 Å². The Hall–Kier alpha value is -2.24. The SMILES string of the molecule is CN1c2ccc(Cl)cc2C(C)(C)C12C=Cc1c(ccc([N+](=O)[O-])c1Cl)O2. The third-order valence-corrected chi connectivity index (χ3v) is 6.08. The number of likely N-dealkylation sites (N-methyl/N-ethyl adjacent to an activating group) is 1. The molecule has 0 N–H and O–H groups in total. The highest BCUT2D eigenvalue weighted by atomic mass is 35.5. The van der Waals surface area contributed by atoms with E-state index in [9.17, 15) is 10.1 Å². The van der Waals surface area contributed by atoms with E-state index in [1.54, 1.807) is 12.1 Å². The lowest BCUT2D eigenvalue weighted by Crippen LogP contribution is -2.58. The number of halogens is 2. The molecule has 7 heteroatoms. The van der Waals surface area contributed by atoms with Crippen LogP contribution in [0.3, 0.4) is 0 Å². The number of fused-ring (bicyclic) bond motifs is 2. The summed E-state index contributed by atoms with van der Waals surface area (Å²) in [5.41, 5.74) is 1.29. The molecule has 2 aromatic carbocycles. The summed E-state index contributed by atoms with van der Waals surface area (Å²) < 4.78 is 6.43. The zero-order valence-corrected chi connectivity index (χ0v) is 15.9. The molecule has 0 saturated heterocycles. The summed E-state index contributed by atoms with van der Waals surface area (Å²) in [6.45, 7) is 4.18. The van der Waals surface area contributed by atoms with Gasteiger partial charge >= 0.3 is 0 Å². The van der Waals surface area contributed by atoms with Crippen LogP contribution in [0.15, 0.2) is 36.4 Å². The van der Waals surface area contributed by atoms with Crippen molar-refractivity contribution >= 4 is 40.7 Å². The smallest absolute Gasteiger partial charge is 0.288 e. The lowest BCUT2D eigenvalue weighted by Gasteiger charge is -2.45. The Morgan fingerprint density at radius 3 is 2.62 bits per heavy atom. The van der Waals surface area contributed by atoms with Crippen molar-refractivity contribution in [2.24, 2.45) is 0 Å². The Bertz CT molecular complexity index is 987. The van der Waals surface area contributed by atoms with E-state index in [1.807, 2.05) is 31.3 Å². The molecule has 26 heavy (non-hydrogen) atoms. The van der Waals surface area contributed by atoms with Crippen LogP contribution in [-0.4, -0.2) is 17.7 Å². The number of nitro benzene ring substituents is 1. The first-order valence-corrected chi connectivity index (χ1v) is 8.83. The van der Waals surface area contributed by atoms with E-state index in [2.05, 4.69) is 18.7 Å². The maximum absolute atomic E-state index is 11.1. The Balaban J connectivity index is 1.88. The first-order chi connectivity index (χ1) is 12.2. The second-order valence-corrected chi connectivity index (χ2v) is 7.86. The van der Waals surface area contributed by atoms with Crippen LogP contribution in [0.25, 0.3) is 6.08 Å². The van der Waals surface area contributed by atoms with E-state index in [0.717, 1.165) is 11.3 Å². The van der Waals surface area contributed by atoms with Crippen molar-refractivity contribution in [3.63, 3.8) is 0 Å². The molecule has 134 valence electrons. The van der Waals surface area contributed by atoms with Gasteiger partial charge in [-0.05, 0) is 55.8 Å². The predicted molar refractivity (Wildman–Crippen MR) is 103 cm³/mol. The van der Waals surface area contributed by atoms with Crippen LogP contribution in [-0.2, 0) is 5.41 Å². The number of nitrogens with zero attached hydrogens (tertiary/aromatic N) is 2. The van der Waals surface area contributed by atoms with Crippen molar-refractivity contribution < 1.29 is 9.66 Å². The highest BCUT2D eigenvalue weighted by Gasteiger charge is 2.57. The summed E-state index contributed by atoms with van der Waals surface area (Å²) in [5.74, 6) is 0.516. The van der Waals surface area contributed by atoms with Crippen molar-refractivity contribution in [3.8, 4) is 5.75 Å². The third-order valence-electron chi connectivity index (χ3n) is 5.44. The number of anilines is 1. The van der Waals surface area contributed by atoms with Crippen molar-refractivity contribution in [2.45, 2.75) is 25.0 Å². The molecule has 1 atom stereocenters. The van der Waals surface area contributed by atoms with Gasteiger partial charge in [0.05, 0.1) is 10.3 Å². The van der Waals surface area contributed by atoms with Gasteiger partial charge in [-0.3, -0.25) is 10.1 Å². The van der Waals surface area contributed by atoms with Gasteiger partial charge in [0.2, 0.25) is 5.72 Å². The highest BCUT2D eigenvalue weighted by molar-refractivity contribution is 6.34. The van der Waals surface area contributed by atoms with Crippen molar-refractivity contribution in [3.05, 3.63) is 67.7 Å². The zero-order chi connectivity index (χ0) is 18.9. The first-order valence-electron chi connectivity index (χ1n) is 8.08. The molecule has 0 amide bonds. The van der Waals surface area contributed by atoms with Crippen LogP contribution in [0.2, 0.25) is 10.0 Å². The molecular formula is C19H16Cl2N2O3. The van der Waals surface area contributed by atoms with E-state index in [-0.39, 0.29) is 10.7 Å². The molecule has 5 nitrogen and oxygen atoms in total. The molecule has 2 aliphatic heterocycles. The van der Waals surface area contributed by atoms with Gasteiger partial charge in [-0.15, -0.1) is 0 Å². The summed E-state index contributed by atoms with van der Waals surface area (Å²) >= 11 is 12.4. The summed E-state index contributed by atoms with van der Waals surface area (Å²) in [4.78, 5) is 12.7. The van der Waals surface area contributed by atoms with Crippen LogP contribution in [0.1, 0.15) is 25.0 Å². The van der Waals surface area contributed by atoms with Crippen LogP contribution >= 0.6 is 23.2 Å². The van der Waals surface area contributed by atoms with Gasteiger partial charge in [-0.1, -0.05) is 23.2 Å². The number of rotatable bonds is 1. The van der Waals surface area contributed by atoms with E-state index >= 15 is 0 Å². The summed E-state index contributed by atoms with van der Waals surface area (Å²) in [6.07, 6.45) is 3.72. The molecule has 0 aromatic heterocycles. The van der Waals surface area contributed by atoms with Crippen molar-refractivity contribution in [1.29, 1.82) is 0 Å². The number of ether oxygens (including phenoxy) is 1. The molecule has 1 unspecified atom stereocenters. The van der Waals surface area contributed by atoms with Gasteiger partial charge in [0.25, 0.3) is 5.69 Å². The van der Waals surface area contributed by atoms with Crippen molar-refractivity contribution in [1.82, 2.24) is 0 Å². The summed E-state index contributed by atoms with van der Waals surface area (Å²) in [5, 5.41) is 11.9. The lowest BCUT2D eigenvalue weighted by molar-refractivity contribution is -0.384. The number of nitro groups is 1. The minimum absolute atomic E-state index is 0.0811. The quantitative estimate of drug-likeness (QED) is 0.481. The topological polar surface area (TPSA) is 55.6 Å². The van der Waals surface area contributed by atoms with Gasteiger partial charge in [-0.25, -0.2) is 0 Å². The fraction of sp³-hybridized carbons (Fsp3) is 0.263. The minimum atomic E-state index is -0.785. The molecule has 0 fully saturated rings. The lowest BCUT2D eigenvalue weighted by atomic mass is 9.76. The number of hydrogen-bond acceptors (Lipinski definition) is 4. The van der Waals surface area contributed by atoms with E-state index in [0.29, 0.717) is 16.3 Å². The molecule has 1 spiro atoms. The highest BCUT2D eigenvalue weighted by Crippen LogP contribution is 2.55. The average molecular weight is 391 g/mol. The summed E-state index contributed by atoms with van der Waals surface area (Å²) in [6, 6.07) is 8.76. The number of hydrogen-bond donors (Lipinski definition) is 0. The minimum Gasteiger partial charge on any atom is -0.463 e. The maximum atomic E-state index is 11.1. The van der Waals surface area contributed by atoms with Gasteiger partial charge in [0.15, 0.2) is 0 Å². The molecule has 0 aliphatic carbocycles. The molecule has 0 radical (unpaired) electrons. The number of benzene rings is 2. The van der Waals surface area contributed by atoms with Crippen LogP contribution < -0.4 is 9.64 Å². The van der Waals surface area contributed by atoms with E-state index in [4.69, 9.17) is 27.9 Å². The van der Waals surface area contributed by atoms with Gasteiger partial charge in [0, 0.05) is 29.4 Å². The Morgan fingerprint density at radius 2 is 1.92 bits per heavy atom. The Morgan fingerprint density at radius 1 is 1.19 bits per heavy atom. The molecule has 2 aromatic rings. The van der Waals surface area contributed by atoms with Crippen molar-refractivity contribution in [2.75, 3.05) is 11.9 Å². The predicted octanol–water partition coefficient (Wildman–Crippen LogP) is 5.43. The van der Waals surface area contributed by atoms with Crippen LogP contribution in [0.4, 0.5) is 11.4 Å². The Kier molecular flexibility index (Phi) is 3.56. The maximum Gasteiger partial charge on any atom is 0.288 e. The molecular weight excluding hydrogens is 375 g/mol. The molecule has 2 aliphatic rings. The molecule has 0 bridgehead atoms. The zero-order valence-electron chi connectivity index (χ0n) is 14.4. The van der Waals surface area contributed by atoms with Gasteiger partial charge < -0.3 is 9.64 Å². The molecule has 0 saturated carbocycles. The summed E-state index contributed by atoms with van der Waals surface area (Å²) in [7, 11) is 1.96. The normalized spacial score (nSPS) is 22.1. The molecule has 4 rings (SSSR count). The molecule has 2 heterocycles.